The highest BCUT2D eigenvalue weighted by molar-refractivity contribution is 5.39. The summed E-state index contributed by atoms with van der Waals surface area (Å²) in [6.45, 7) is 0. The van der Waals surface area contributed by atoms with Gasteiger partial charge in [-0.25, -0.2) is 0 Å². The molecule has 2 rings (SSSR count). The molecular formula is C7H7N5O. The van der Waals surface area contributed by atoms with Crippen molar-refractivity contribution in [1.29, 1.82) is 0 Å². The summed E-state index contributed by atoms with van der Waals surface area (Å²) in [5.41, 5.74) is 6.18. The lowest BCUT2D eigenvalue weighted by Gasteiger charge is -1.99. The zero-order chi connectivity index (χ0) is 9.26. The number of rotatable bonds is 1. The average Bonchev–Trinajstić information content (AvgIpc) is 2.53. The highest BCUT2D eigenvalue weighted by Gasteiger charge is 2.02. The third-order valence-electron chi connectivity index (χ3n) is 1.59. The Bertz CT molecular complexity index is 407. The number of aromatic nitrogens is 4. The van der Waals surface area contributed by atoms with Crippen LogP contribution in [0.15, 0.2) is 24.3 Å². The van der Waals surface area contributed by atoms with E-state index in [0.717, 1.165) is 0 Å². The highest BCUT2D eigenvalue weighted by Crippen LogP contribution is 2.13. The number of aromatic hydroxyl groups is 1. The van der Waals surface area contributed by atoms with Gasteiger partial charge in [0.1, 0.15) is 5.75 Å². The number of anilines is 1. The molecule has 1 aromatic heterocycles. The molecule has 66 valence electrons. The Morgan fingerprint density at radius 1 is 1.23 bits per heavy atom. The summed E-state index contributed by atoms with van der Waals surface area (Å²) in [4.78, 5) is 0. The molecule has 13 heavy (non-hydrogen) atoms. The van der Waals surface area contributed by atoms with E-state index < -0.39 is 0 Å². The van der Waals surface area contributed by atoms with Crippen LogP contribution in [0.5, 0.6) is 5.75 Å². The molecule has 0 aliphatic carbocycles. The molecule has 0 atom stereocenters. The molecule has 6 nitrogen and oxygen atoms in total. The second-order valence-corrected chi connectivity index (χ2v) is 2.47. The molecule has 3 N–H and O–H groups in total. The molecule has 0 aliphatic heterocycles. The summed E-state index contributed by atoms with van der Waals surface area (Å²) >= 11 is 0. The van der Waals surface area contributed by atoms with Gasteiger partial charge in [0.15, 0.2) is 0 Å². The van der Waals surface area contributed by atoms with Crippen LogP contribution in [0.2, 0.25) is 0 Å². The van der Waals surface area contributed by atoms with E-state index in [1.165, 1.54) is 16.8 Å². The summed E-state index contributed by atoms with van der Waals surface area (Å²) in [6.07, 6.45) is 0. The largest absolute Gasteiger partial charge is 0.508 e. The summed E-state index contributed by atoms with van der Waals surface area (Å²) in [6, 6.07) is 6.41. The van der Waals surface area contributed by atoms with E-state index in [4.69, 9.17) is 10.8 Å². The molecule has 0 aliphatic rings. The quantitative estimate of drug-likeness (QED) is 0.637. The zero-order valence-corrected chi connectivity index (χ0v) is 6.62. The third kappa shape index (κ3) is 1.28. The Balaban J connectivity index is 2.47. The lowest BCUT2D eigenvalue weighted by atomic mass is 10.3. The lowest BCUT2D eigenvalue weighted by Crippen LogP contribution is -2.01. The maximum atomic E-state index is 9.03. The molecule has 0 saturated heterocycles. The maximum Gasteiger partial charge on any atom is 0.245 e. The van der Waals surface area contributed by atoms with Crippen LogP contribution in [0.3, 0.4) is 0 Å². The van der Waals surface area contributed by atoms with Crippen molar-refractivity contribution in [3.05, 3.63) is 24.3 Å². The second kappa shape index (κ2) is 2.74. The van der Waals surface area contributed by atoms with E-state index in [9.17, 15) is 0 Å². The molecule has 0 spiro atoms. The standard InChI is InChI=1S/C7H7N5O/c8-7-9-10-11-12(7)5-1-3-6(13)4-2-5/h1-4,13H,(H2,8,9,11). The van der Waals surface area contributed by atoms with Crippen molar-refractivity contribution in [3.8, 4) is 11.4 Å². The maximum absolute atomic E-state index is 9.03. The number of phenolic OH excluding ortho intramolecular Hbond substituents is 1. The molecule has 0 fully saturated rings. The summed E-state index contributed by atoms with van der Waals surface area (Å²) < 4.78 is 1.37. The van der Waals surface area contributed by atoms with Crippen LogP contribution in [0, 0.1) is 0 Å². The Morgan fingerprint density at radius 3 is 2.46 bits per heavy atom. The molecule has 0 bridgehead atoms. The fraction of sp³-hybridized carbons (Fsp3) is 0. The molecular weight excluding hydrogens is 170 g/mol. The minimum absolute atomic E-state index is 0.190. The van der Waals surface area contributed by atoms with E-state index >= 15 is 0 Å². The highest BCUT2D eigenvalue weighted by atomic mass is 16.3. The van der Waals surface area contributed by atoms with Crippen LogP contribution in [0.25, 0.3) is 5.69 Å². The van der Waals surface area contributed by atoms with Crippen molar-refractivity contribution >= 4 is 5.95 Å². The predicted octanol–water partition coefficient (Wildman–Crippen LogP) is -0.0499. The Kier molecular flexibility index (Phi) is 1.59. The van der Waals surface area contributed by atoms with E-state index in [2.05, 4.69) is 15.5 Å². The second-order valence-electron chi connectivity index (χ2n) is 2.47. The van der Waals surface area contributed by atoms with Crippen LogP contribution in [0.4, 0.5) is 5.95 Å². The summed E-state index contributed by atoms with van der Waals surface area (Å²) in [5.74, 6) is 0.404. The molecule has 2 aromatic rings. The van der Waals surface area contributed by atoms with Gasteiger partial charge in [-0.1, -0.05) is 5.10 Å². The molecule has 0 unspecified atom stereocenters. The molecule has 1 aromatic carbocycles. The topological polar surface area (TPSA) is 89.9 Å². The van der Waals surface area contributed by atoms with Crippen LogP contribution in [-0.4, -0.2) is 25.3 Å². The molecule has 6 heteroatoms. The van der Waals surface area contributed by atoms with Gasteiger partial charge in [0.25, 0.3) is 0 Å². The average molecular weight is 177 g/mol. The number of nitrogens with two attached hydrogens (primary N) is 1. The Morgan fingerprint density at radius 2 is 1.92 bits per heavy atom. The van der Waals surface area contributed by atoms with Gasteiger partial charge in [0, 0.05) is 0 Å². The fourth-order valence-corrected chi connectivity index (χ4v) is 0.972. The number of hydrogen-bond acceptors (Lipinski definition) is 5. The number of benzene rings is 1. The Hall–Kier alpha value is -2.11. The van der Waals surface area contributed by atoms with Crippen molar-refractivity contribution in [2.75, 3.05) is 5.73 Å². The van der Waals surface area contributed by atoms with Crippen LogP contribution < -0.4 is 5.73 Å². The van der Waals surface area contributed by atoms with Crippen molar-refractivity contribution in [3.63, 3.8) is 0 Å². The van der Waals surface area contributed by atoms with Crippen molar-refractivity contribution in [2.45, 2.75) is 0 Å². The predicted molar refractivity (Wildman–Crippen MR) is 45.2 cm³/mol. The smallest absolute Gasteiger partial charge is 0.245 e. The molecule has 1 heterocycles. The first kappa shape index (κ1) is 7.53. The Labute approximate surface area is 73.6 Å². The molecule has 0 amide bonds. The number of hydrogen-bond donors (Lipinski definition) is 2. The van der Waals surface area contributed by atoms with E-state index in [1.54, 1.807) is 12.1 Å². The van der Waals surface area contributed by atoms with Crippen molar-refractivity contribution in [2.24, 2.45) is 0 Å². The van der Waals surface area contributed by atoms with E-state index in [-0.39, 0.29) is 11.7 Å². The number of tetrazole rings is 1. The number of nitrogen functional groups attached to an aromatic ring is 1. The SMILES string of the molecule is Nc1nnnn1-c1ccc(O)cc1. The molecule has 0 saturated carbocycles. The fourth-order valence-electron chi connectivity index (χ4n) is 0.972. The first-order valence-electron chi connectivity index (χ1n) is 3.60. The molecule has 0 radical (unpaired) electrons. The van der Waals surface area contributed by atoms with E-state index in [0.29, 0.717) is 5.69 Å². The zero-order valence-electron chi connectivity index (χ0n) is 6.62. The number of phenols is 1. The third-order valence-corrected chi connectivity index (χ3v) is 1.59. The van der Waals surface area contributed by atoms with Crippen LogP contribution in [-0.2, 0) is 0 Å². The van der Waals surface area contributed by atoms with Gasteiger partial charge in [-0.05, 0) is 34.7 Å². The first-order valence-corrected chi connectivity index (χ1v) is 3.60. The number of nitrogens with zero attached hydrogens (tertiary/aromatic N) is 4. The van der Waals surface area contributed by atoms with Gasteiger partial charge in [-0.15, -0.1) is 0 Å². The summed E-state index contributed by atoms with van der Waals surface area (Å²) in [5, 5.41) is 19.6. The van der Waals surface area contributed by atoms with Gasteiger partial charge in [0.05, 0.1) is 5.69 Å². The van der Waals surface area contributed by atoms with Crippen LogP contribution >= 0.6 is 0 Å². The minimum atomic E-state index is 0.190. The van der Waals surface area contributed by atoms with Crippen LogP contribution in [0.1, 0.15) is 0 Å². The monoisotopic (exact) mass is 177 g/mol. The van der Waals surface area contributed by atoms with E-state index in [1.807, 2.05) is 0 Å². The van der Waals surface area contributed by atoms with Crippen molar-refractivity contribution < 1.29 is 5.11 Å². The van der Waals surface area contributed by atoms with Crippen molar-refractivity contribution in [1.82, 2.24) is 20.2 Å². The lowest BCUT2D eigenvalue weighted by molar-refractivity contribution is 0.475. The van der Waals surface area contributed by atoms with Gasteiger partial charge in [-0.3, -0.25) is 0 Å². The van der Waals surface area contributed by atoms with Gasteiger partial charge < -0.3 is 10.8 Å². The minimum Gasteiger partial charge on any atom is -0.508 e. The normalized spacial score (nSPS) is 10.2. The van der Waals surface area contributed by atoms with Gasteiger partial charge in [0.2, 0.25) is 5.95 Å². The van der Waals surface area contributed by atoms with Gasteiger partial charge >= 0.3 is 0 Å². The summed E-state index contributed by atoms with van der Waals surface area (Å²) in [7, 11) is 0. The van der Waals surface area contributed by atoms with Gasteiger partial charge in [-0.2, -0.15) is 4.68 Å². The first-order chi connectivity index (χ1) is 6.27.